The Labute approximate surface area is 156 Å². The van der Waals surface area contributed by atoms with Crippen molar-refractivity contribution in [2.24, 2.45) is 0 Å². The Morgan fingerprint density at radius 1 is 0.440 bits per heavy atom. The Hall–Kier alpha value is -2.89. The first kappa shape index (κ1) is 16.9. The van der Waals surface area contributed by atoms with Crippen molar-refractivity contribution in [1.82, 2.24) is 19.9 Å². The smallest absolute Gasteiger partial charge is 0.0980 e. The maximum absolute atomic E-state index is 4.60. The van der Waals surface area contributed by atoms with E-state index in [-0.39, 0.29) is 16.8 Å². The van der Waals surface area contributed by atoms with Crippen molar-refractivity contribution in [2.75, 3.05) is 0 Å². The third-order valence-corrected chi connectivity index (χ3v) is 3.72. The van der Waals surface area contributed by atoms with E-state index in [0.717, 1.165) is 33.9 Å². The second-order valence-electron chi connectivity index (χ2n) is 5.23. The zero-order valence-corrected chi connectivity index (χ0v) is 14.2. The first-order valence-electron chi connectivity index (χ1n) is 7.67. The normalized spacial score (nSPS) is 10.1. The molecule has 1 radical (unpaired) electrons. The number of hydrogen-bond donors (Lipinski definition) is 0. The van der Waals surface area contributed by atoms with Gasteiger partial charge in [-0.1, -0.05) is 12.1 Å². The monoisotopic (exact) mass is 369 g/mol. The van der Waals surface area contributed by atoms with Gasteiger partial charge in [0.2, 0.25) is 0 Å². The molecule has 0 amide bonds. The van der Waals surface area contributed by atoms with E-state index >= 15 is 0 Å². The Morgan fingerprint density at radius 2 is 1.00 bits per heavy atom. The van der Waals surface area contributed by atoms with Gasteiger partial charge in [0.05, 0.1) is 22.8 Å². The van der Waals surface area contributed by atoms with Gasteiger partial charge >= 0.3 is 0 Å². The first-order valence-corrected chi connectivity index (χ1v) is 7.67. The van der Waals surface area contributed by atoms with Crippen molar-refractivity contribution in [2.45, 2.75) is 0 Å². The van der Waals surface area contributed by atoms with Gasteiger partial charge in [-0.05, 0) is 48.5 Å². The molecule has 5 heteroatoms. The second kappa shape index (κ2) is 7.79. The van der Waals surface area contributed by atoms with E-state index in [1.54, 1.807) is 24.8 Å². The van der Waals surface area contributed by atoms with Crippen molar-refractivity contribution in [3.8, 4) is 33.9 Å². The molecule has 4 rings (SSSR count). The zero-order valence-electron chi connectivity index (χ0n) is 13.2. The van der Waals surface area contributed by atoms with E-state index in [1.165, 1.54) is 0 Å². The van der Waals surface area contributed by atoms with Crippen molar-refractivity contribution in [1.29, 1.82) is 0 Å². The minimum atomic E-state index is 0. The predicted molar refractivity (Wildman–Crippen MR) is 93.9 cm³/mol. The summed E-state index contributed by atoms with van der Waals surface area (Å²) in [5.41, 5.74) is 5.29. The largest absolute Gasteiger partial charge is 0.256 e. The van der Waals surface area contributed by atoms with Gasteiger partial charge in [0.1, 0.15) is 0 Å². The Morgan fingerprint density at radius 3 is 1.64 bits per heavy atom. The topological polar surface area (TPSA) is 51.6 Å². The summed E-state index contributed by atoms with van der Waals surface area (Å²) in [7, 11) is 0. The van der Waals surface area contributed by atoms with E-state index < -0.39 is 0 Å². The molecule has 0 unspecified atom stereocenters. The van der Waals surface area contributed by atoms with Crippen LogP contribution in [-0.4, -0.2) is 19.9 Å². The first-order chi connectivity index (χ1) is 11.9. The van der Waals surface area contributed by atoms with Gasteiger partial charge in [0.25, 0.3) is 0 Å². The Bertz CT molecular complexity index is 878. The molecule has 0 aromatic carbocycles. The molecular formula is C20H14CoN4. The summed E-state index contributed by atoms with van der Waals surface area (Å²) in [6.45, 7) is 0. The predicted octanol–water partition coefficient (Wildman–Crippen LogP) is 4.27. The molecule has 0 aliphatic carbocycles. The summed E-state index contributed by atoms with van der Waals surface area (Å²) < 4.78 is 0. The molecule has 4 nitrogen and oxygen atoms in total. The minimum absolute atomic E-state index is 0. The minimum Gasteiger partial charge on any atom is -0.256 e. The molecule has 0 aliphatic heterocycles. The number of hydrogen-bond acceptors (Lipinski definition) is 4. The third kappa shape index (κ3) is 3.47. The van der Waals surface area contributed by atoms with Crippen LogP contribution in [-0.2, 0) is 16.8 Å². The summed E-state index contributed by atoms with van der Waals surface area (Å²) in [4.78, 5) is 18.0. The quantitative estimate of drug-likeness (QED) is 0.541. The molecule has 4 aromatic heterocycles. The molecule has 0 aliphatic rings. The SMILES string of the molecule is [Co].c1ccc(-c2cccnc2-c2cccnc2-c2ccccn2)nc1. The van der Waals surface area contributed by atoms with Crippen LogP contribution in [0, 0.1) is 0 Å². The van der Waals surface area contributed by atoms with Crippen LogP contribution in [0.3, 0.4) is 0 Å². The van der Waals surface area contributed by atoms with Gasteiger partial charge in [-0.2, -0.15) is 0 Å². The van der Waals surface area contributed by atoms with Gasteiger partial charge in [-0.25, -0.2) is 0 Å². The van der Waals surface area contributed by atoms with E-state index in [1.807, 2.05) is 60.7 Å². The van der Waals surface area contributed by atoms with Crippen LogP contribution in [0.15, 0.2) is 85.5 Å². The molecule has 123 valence electrons. The average molecular weight is 369 g/mol. The Kier molecular flexibility index (Phi) is 5.28. The molecule has 0 saturated carbocycles. The molecule has 0 fully saturated rings. The average Bonchev–Trinajstić information content (AvgIpc) is 2.69. The van der Waals surface area contributed by atoms with Gasteiger partial charge in [-0.15, -0.1) is 0 Å². The molecule has 0 saturated heterocycles. The van der Waals surface area contributed by atoms with Crippen LogP contribution in [0.5, 0.6) is 0 Å². The molecule has 0 bridgehead atoms. The van der Waals surface area contributed by atoms with Crippen molar-refractivity contribution in [3.05, 3.63) is 85.5 Å². The fourth-order valence-electron chi connectivity index (χ4n) is 2.65. The summed E-state index contributed by atoms with van der Waals surface area (Å²) in [5, 5.41) is 0. The molecule has 4 aromatic rings. The summed E-state index contributed by atoms with van der Waals surface area (Å²) in [6.07, 6.45) is 7.12. The van der Waals surface area contributed by atoms with Crippen LogP contribution in [0.2, 0.25) is 0 Å². The molecule has 4 heterocycles. The molecule has 0 N–H and O–H groups in total. The second-order valence-corrected chi connectivity index (χ2v) is 5.23. The number of aromatic nitrogens is 4. The van der Waals surface area contributed by atoms with Crippen molar-refractivity contribution < 1.29 is 16.8 Å². The van der Waals surface area contributed by atoms with E-state index in [2.05, 4.69) is 19.9 Å². The van der Waals surface area contributed by atoms with E-state index in [4.69, 9.17) is 0 Å². The third-order valence-electron chi connectivity index (χ3n) is 3.72. The Balaban J connectivity index is 0.00000182. The van der Waals surface area contributed by atoms with Gasteiger partial charge in [-0.3, -0.25) is 19.9 Å². The van der Waals surface area contributed by atoms with E-state index in [0.29, 0.717) is 0 Å². The van der Waals surface area contributed by atoms with Gasteiger partial charge in [0.15, 0.2) is 0 Å². The summed E-state index contributed by atoms with van der Waals surface area (Å²) in [5.74, 6) is 0. The van der Waals surface area contributed by atoms with Crippen molar-refractivity contribution >= 4 is 0 Å². The maximum Gasteiger partial charge on any atom is 0.0980 e. The summed E-state index contributed by atoms with van der Waals surface area (Å²) in [6, 6.07) is 19.6. The molecule has 25 heavy (non-hydrogen) atoms. The van der Waals surface area contributed by atoms with Crippen LogP contribution < -0.4 is 0 Å². The summed E-state index contributed by atoms with van der Waals surface area (Å²) >= 11 is 0. The van der Waals surface area contributed by atoms with Crippen LogP contribution in [0.25, 0.3) is 33.9 Å². The van der Waals surface area contributed by atoms with Crippen molar-refractivity contribution in [3.63, 3.8) is 0 Å². The number of nitrogens with zero attached hydrogens (tertiary/aromatic N) is 4. The molecular weight excluding hydrogens is 355 g/mol. The standard InChI is InChI=1S/C20H14N4.Co/c1-3-11-21-17(9-1)15-7-5-13-23-19(15)16-8-6-14-24-20(16)18-10-2-4-12-22-18;/h1-14H;. The van der Waals surface area contributed by atoms with Gasteiger partial charge in [0, 0.05) is 52.7 Å². The molecule has 0 atom stereocenters. The van der Waals surface area contributed by atoms with Crippen LogP contribution in [0.1, 0.15) is 0 Å². The fourth-order valence-corrected chi connectivity index (χ4v) is 2.65. The fraction of sp³-hybridized carbons (Fsp3) is 0. The maximum atomic E-state index is 4.60. The molecule has 0 spiro atoms. The number of rotatable bonds is 3. The zero-order chi connectivity index (χ0) is 16.2. The van der Waals surface area contributed by atoms with Gasteiger partial charge < -0.3 is 0 Å². The van der Waals surface area contributed by atoms with E-state index in [9.17, 15) is 0 Å². The van der Waals surface area contributed by atoms with Crippen LogP contribution in [0.4, 0.5) is 0 Å². The van der Waals surface area contributed by atoms with Crippen LogP contribution >= 0.6 is 0 Å². The number of pyridine rings is 4.